The van der Waals surface area contributed by atoms with Gasteiger partial charge in [0.25, 0.3) is 6.43 Å². The molecule has 0 atom stereocenters. The Hall–Kier alpha value is -0.830. The van der Waals surface area contributed by atoms with Crippen LogP contribution in [0.15, 0.2) is 36.4 Å². The fraction of sp³-hybridized carbons (Fsp3) is 0.0769. The maximum Gasteiger partial charge on any atom is 0.264 e. The van der Waals surface area contributed by atoms with Crippen molar-refractivity contribution in [3.63, 3.8) is 0 Å². The summed E-state index contributed by atoms with van der Waals surface area (Å²) in [7, 11) is 0. The van der Waals surface area contributed by atoms with Crippen LogP contribution in [0.5, 0.6) is 0 Å². The number of hydrogen-bond acceptors (Lipinski definition) is 0. The van der Waals surface area contributed by atoms with Gasteiger partial charge in [-0.15, -0.1) is 0 Å². The summed E-state index contributed by atoms with van der Waals surface area (Å²) in [6.07, 6.45) is -2.62. The smallest absolute Gasteiger partial charge is 0.205 e. The summed E-state index contributed by atoms with van der Waals surface area (Å²) >= 11 is 17.9. The summed E-state index contributed by atoms with van der Waals surface area (Å²) in [5.41, 5.74) is 0.487. The Bertz CT molecular complexity index is 562. The molecule has 0 nitrogen and oxygen atoms in total. The fourth-order valence-electron chi connectivity index (χ4n) is 1.69. The molecule has 0 saturated heterocycles. The Kier molecular flexibility index (Phi) is 4.10. The molecule has 0 unspecified atom stereocenters. The maximum absolute atomic E-state index is 13.0. The average molecular weight is 308 g/mol. The number of alkyl halides is 2. The van der Waals surface area contributed by atoms with E-state index in [1.807, 2.05) is 0 Å². The second-order valence-corrected chi connectivity index (χ2v) is 4.88. The summed E-state index contributed by atoms with van der Waals surface area (Å²) in [5, 5.41) is 0.976. The Morgan fingerprint density at radius 2 is 1.50 bits per heavy atom. The zero-order valence-electron chi connectivity index (χ0n) is 8.93. The highest BCUT2D eigenvalue weighted by Gasteiger charge is 2.18. The van der Waals surface area contributed by atoms with Crippen LogP contribution in [0.25, 0.3) is 11.1 Å². The SMILES string of the molecule is FC(F)c1ccc(Cl)cc1-c1c(Cl)cccc1Cl. The van der Waals surface area contributed by atoms with Crippen LogP contribution in [0, 0.1) is 0 Å². The Balaban J connectivity index is 2.73. The summed E-state index contributed by atoms with van der Waals surface area (Å²) in [6, 6.07) is 8.98. The quantitative estimate of drug-likeness (QED) is 0.615. The lowest BCUT2D eigenvalue weighted by Crippen LogP contribution is -1.92. The topological polar surface area (TPSA) is 0 Å². The van der Waals surface area contributed by atoms with Gasteiger partial charge in [-0.25, -0.2) is 8.78 Å². The molecular formula is C13H7Cl3F2. The van der Waals surface area contributed by atoms with E-state index < -0.39 is 6.43 Å². The minimum Gasteiger partial charge on any atom is -0.205 e. The van der Waals surface area contributed by atoms with Gasteiger partial charge in [0.2, 0.25) is 0 Å². The first-order valence-corrected chi connectivity index (χ1v) is 6.16. The lowest BCUT2D eigenvalue weighted by Gasteiger charge is -2.12. The minimum absolute atomic E-state index is 0.144. The molecule has 2 rings (SSSR count). The molecule has 0 saturated carbocycles. The predicted octanol–water partition coefficient (Wildman–Crippen LogP) is 6.25. The van der Waals surface area contributed by atoms with E-state index in [4.69, 9.17) is 34.8 Å². The Morgan fingerprint density at radius 3 is 2.06 bits per heavy atom. The van der Waals surface area contributed by atoms with Crippen molar-refractivity contribution in [2.24, 2.45) is 0 Å². The van der Waals surface area contributed by atoms with Crippen molar-refractivity contribution in [2.45, 2.75) is 6.43 Å². The van der Waals surface area contributed by atoms with Crippen molar-refractivity contribution in [2.75, 3.05) is 0 Å². The van der Waals surface area contributed by atoms with Gasteiger partial charge in [-0.2, -0.15) is 0 Å². The predicted molar refractivity (Wildman–Crippen MR) is 71.9 cm³/mol. The highest BCUT2D eigenvalue weighted by Crippen LogP contribution is 2.40. The van der Waals surface area contributed by atoms with Gasteiger partial charge >= 0.3 is 0 Å². The number of halogens is 5. The molecule has 0 radical (unpaired) electrons. The van der Waals surface area contributed by atoms with Crippen molar-refractivity contribution < 1.29 is 8.78 Å². The van der Waals surface area contributed by atoms with Crippen LogP contribution >= 0.6 is 34.8 Å². The van der Waals surface area contributed by atoms with Gasteiger partial charge in [-0.1, -0.05) is 46.9 Å². The summed E-state index contributed by atoms with van der Waals surface area (Å²) in [6.45, 7) is 0. The molecule has 0 spiro atoms. The van der Waals surface area contributed by atoms with Gasteiger partial charge in [-0.3, -0.25) is 0 Å². The molecule has 0 aliphatic carbocycles. The largest absolute Gasteiger partial charge is 0.264 e. The van der Waals surface area contributed by atoms with E-state index in [2.05, 4.69) is 0 Å². The highest BCUT2D eigenvalue weighted by atomic mass is 35.5. The zero-order valence-corrected chi connectivity index (χ0v) is 11.2. The molecule has 94 valence electrons. The van der Waals surface area contributed by atoms with Crippen LogP contribution < -0.4 is 0 Å². The van der Waals surface area contributed by atoms with E-state index in [0.717, 1.165) is 0 Å². The third kappa shape index (κ3) is 2.61. The molecule has 18 heavy (non-hydrogen) atoms. The monoisotopic (exact) mass is 306 g/mol. The first-order chi connectivity index (χ1) is 8.50. The van der Waals surface area contributed by atoms with E-state index in [9.17, 15) is 8.78 Å². The van der Waals surface area contributed by atoms with Crippen molar-refractivity contribution >= 4 is 34.8 Å². The van der Waals surface area contributed by atoms with Crippen LogP contribution in [-0.2, 0) is 0 Å². The number of hydrogen-bond donors (Lipinski definition) is 0. The lowest BCUT2D eigenvalue weighted by atomic mass is 10.00. The van der Waals surface area contributed by atoms with Gasteiger partial charge < -0.3 is 0 Å². The fourth-order valence-corrected chi connectivity index (χ4v) is 2.46. The lowest BCUT2D eigenvalue weighted by molar-refractivity contribution is 0.152. The van der Waals surface area contributed by atoms with Crippen molar-refractivity contribution in [1.29, 1.82) is 0 Å². The zero-order chi connectivity index (χ0) is 13.3. The van der Waals surface area contributed by atoms with E-state index in [1.165, 1.54) is 18.2 Å². The first kappa shape index (κ1) is 13.6. The maximum atomic E-state index is 13.0. The Morgan fingerprint density at radius 1 is 0.889 bits per heavy atom. The third-order valence-corrected chi connectivity index (χ3v) is 3.35. The molecule has 0 N–H and O–H groups in total. The molecule has 0 amide bonds. The van der Waals surface area contributed by atoms with E-state index in [1.54, 1.807) is 18.2 Å². The van der Waals surface area contributed by atoms with Crippen LogP contribution in [0.3, 0.4) is 0 Å². The van der Waals surface area contributed by atoms with E-state index >= 15 is 0 Å². The van der Waals surface area contributed by atoms with Gasteiger partial charge in [0.05, 0.1) is 0 Å². The number of benzene rings is 2. The van der Waals surface area contributed by atoms with E-state index in [0.29, 0.717) is 20.6 Å². The molecule has 0 fully saturated rings. The molecule has 0 aliphatic rings. The Labute approximate surface area is 118 Å². The molecule has 0 aromatic heterocycles. The highest BCUT2D eigenvalue weighted by molar-refractivity contribution is 6.39. The second-order valence-electron chi connectivity index (χ2n) is 3.63. The van der Waals surface area contributed by atoms with Crippen LogP contribution in [0.1, 0.15) is 12.0 Å². The van der Waals surface area contributed by atoms with Crippen molar-refractivity contribution in [1.82, 2.24) is 0 Å². The van der Waals surface area contributed by atoms with Gasteiger partial charge in [0.15, 0.2) is 0 Å². The van der Waals surface area contributed by atoms with Crippen LogP contribution in [0.4, 0.5) is 8.78 Å². The van der Waals surface area contributed by atoms with Gasteiger partial charge in [0.1, 0.15) is 0 Å². The van der Waals surface area contributed by atoms with Crippen molar-refractivity contribution in [3.05, 3.63) is 57.0 Å². The van der Waals surface area contributed by atoms with Crippen LogP contribution in [0.2, 0.25) is 15.1 Å². The summed E-state index contributed by atoms with van der Waals surface area (Å²) < 4.78 is 26.0. The summed E-state index contributed by atoms with van der Waals surface area (Å²) in [4.78, 5) is 0. The molecule has 0 heterocycles. The van der Waals surface area contributed by atoms with Crippen LogP contribution in [-0.4, -0.2) is 0 Å². The average Bonchev–Trinajstić information content (AvgIpc) is 2.28. The molecular weight excluding hydrogens is 300 g/mol. The third-order valence-electron chi connectivity index (χ3n) is 2.48. The molecule has 2 aromatic carbocycles. The van der Waals surface area contributed by atoms with Gasteiger partial charge in [0, 0.05) is 26.2 Å². The van der Waals surface area contributed by atoms with Gasteiger partial charge in [-0.05, 0) is 29.8 Å². The standard InChI is InChI=1S/C13H7Cl3F2/c14-7-4-5-8(13(17)18)9(6-7)12-10(15)2-1-3-11(12)16/h1-6,13H. The number of rotatable bonds is 2. The second kappa shape index (κ2) is 5.43. The minimum atomic E-state index is -2.62. The normalized spacial score (nSPS) is 11.0. The summed E-state index contributed by atoms with van der Waals surface area (Å²) in [5.74, 6) is 0. The van der Waals surface area contributed by atoms with E-state index in [-0.39, 0.29) is 11.1 Å². The molecule has 2 aromatic rings. The van der Waals surface area contributed by atoms with Crippen molar-refractivity contribution in [3.8, 4) is 11.1 Å². The molecule has 0 bridgehead atoms. The molecule has 5 heteroatoms. The first-order valence-electron chi connectivity index (χ1n) is 5.02. The molecule has 0 aliphatic heterocycles.